The smallest absolute Gasteiger partial charge is 0.325 e. The minimum atomic E-state index is -0.948. The zero-order valence-electron chi connectivity index (χ0n) is 16.5. The molecular formula is C19H23ClN4O5. The molecule has 2 fully saturated rings. The Morgan fingerprint density at radius 1 is 1.38 bits per heavy atom. The maximum Gasteiger partial charge on any atom is 0.325 e. The molecule has 29 heavy (non-hydrogen) atoms. The van der Waals surface area contributed by atoms with Crippen LogP contribution in [0.15, 0.2) is 18.2 Å². The van der Waals surface area contributed by atoms with E-state index in [1.807, 2.05) is 0 Å². The summed E-state index contributed by atoms with van der Waals surface area (Å²) in [5, 5.41) is 5.74. The summed E-state index contributed by atoms with van der Waals surface area (Å²) in [6.45, 7) is 1.00. The fraction of sp³-hybridized carbons (Fsp3) is 0.474. The van der Waals surface area contributed by atoms with E-state index in [-0.39, 0.29) is 12.5 Å². The van der Waals surface area contributed by atoms with Crippen LogP contribution in [0.2, 0.25) is 5.02 Å². The van der Waals surface area contributed by atoms with Crippen LogP contribution in [-0.4, -0.2) is 66.3 Å². The number of benzene rings is 1. The van der Waals surface area contributed by atoms with Crippen molar-refractivity contribution in [1.82, 2.24) is 15.1 Å². The van der Waals surface area contributed by atoms with Gasteiger partial charge in [0.15, 0.2) is 0 Å². The molecular weight excluding hydrogens is 400 g/mol. The molecule has 2 N–H and O–H groups in total. The van der Waals surface area contributed by atoms with Gasteiger partial charge in [0.1, 0.15) is 17.8 Å². The molecule has 2 aliphatic rings. The van der Waals surface area contributed by atoms with Crippen molar-refractivity contribution < 1.29 is 23.9 Å². The molecule has 3 rings (SSSR count). The Labute approximate surface area is 173 Å². The van der Waals surface area contributed by atoms with E-state index in [4.69, 9.17) is 16.3 Å². The summed E-state index contributed by atoms with van der Waals surface area (Å²) in [7, 11) is 2.89. The number of amides is 5. The molecule has 0 spiro atoms. The van der Waals surface area contributed by atoms with Crippen LogP contribution in [0, 0.1) is 5.92 Å². The highest BCUT2D eigenvalue weighted by Gasteiger charge is 2.56. The fourth-order valence-electron chi connectivity index (χ4n) is 3.32. The van der Waals surface area contributed by atoms with E-state index in [1.54, 1.807) is 19.1 Å². The van der Waals surface area contributed by atoms with Gasteiger partial charge in [0.25, 0.3) is 5.91 Å². The van der Waals surface area contributed by atoms with Crippen LogP contribution in [0.1, 0.15) is 19.8 Å². The molecule has 5 amide bonds. The number of carbonyl (C=O) groups excluding carboxylic acids is 4. The van der Waals surface area contributed by atoms with E-state index in [9.17, 15) is 19.2 Å². The van der Waals surface area contributed by atoms with Crippen molar-refractivity contribution in [2.45, 2.75) is 25.3 Å². The number of likely N-dealkylation sites (N-methyl/N-ethyl adjacent to an activating group) is 1. The van der Waals surface area contributed by atoms with E-state index < -0.39 is 35.8 Å². The lowest BCUT2D eigenvalue weighted by atomic mass is 9.96. The van der Waals surface area contributed by atoms with E-state index >= 15 is 0 Å². The lowest BCUT2D eigenvalue weighted by Crippen LogP contribution is -2.47. The van der Waals surface area contributed by atoms with Gasteiger partial charge < -0.3 is 20.3 Å². The third-order valence-corrected chi connectivity index (χ3v) is 5.47. The lowest BCUT2D eigenvalue weighted by molar-refractivity contribution is -0.139. The number of methoxy groups -OCH3 is 1. The molecule has 1 atom stereocenters. The number of rotatable bonds is 7. The third kappa shape index (κ3) is 4.29. The van der Waals surface area contributed by atoms with E-state index in [0.29, 0.717) is 16.5 Å². The van der Waals surface area contributed by atoms with Gasteiger partial charge >= 0.3 is 6.03 Å². The van der Waals surface area contributed by atoms with Crippen LogP contribution in [0.3, 0.4) is 0 Å². The van der Waals surface area contributed by atoms with Gasteiger partial charge in [0.2, 0.25) is 11.8 Å². The van der Waals surface area contributed by atoms with E-state index in [1.165, 1.54) is 20.2 Å². The largest absolute Gasteiger partial charge is 0.495 e. The highest BCUT2D eigenvalue weighted by Crippen LogP contribution is 2.42. The Balaban J connectivity index is 1.58. The summed E-state index contributed by atoms with van der Waals surface area (Å²) in [4.78, 5) is 51.6. The molecule has 0 radical (unpaired) electrons. The molecule has 9 nitrogen and oxygen atoms in total. The molecule has 156 valence electrons. The average Bonchev–Trinajstić information content (AvgIpc) is 3.47. The number of imide groups is 1. The maximum absolute atomic E-state index is 12.6. The predicted octanol–water partition coefficient (Wildman–Crippen LogP) is 1.47. The Morgan fingerprint density at radius 3 is 2.69 bits per heavy atom. The van der Waals surface area contributed by atoms with Crippen molar-refractivity contribution in [3.8, 4) is 5.75 Å². The Hall–Kier alpha value is -2.81. The molecule has 1 aromatic rings. The fourth-order valence-corrected chi connectivity index (χ4v) is 3.50. The number of halogens is 1. The molecule has 1 saturated carbocycles. The monoisotopic (exact) mass is 422 g/mol. The third-order valence-electron chi connectivity index (χ3n) is 5.23. The second-order valence-corrected chi connectivity index (χ2v) is 7.88. The van der Waals surface area contributed by atoms with Crippen molar-refractivity contribution in [2.75, 3.05) is 32.6 Å². The molecule has 1 aliphatic carbocycles. The highest BCUT2D eigenvalue weighted by molar-refractivity contribution is 6.31. The van der Waals surface area contributed by atoms with Gasteiger partial charge in [-0.05, 0) is 43.9 Å². The Morgan fingerprint density at radius 2 is 2.07 bits per heavy atom. The number of hydrogen-bond donors (Lipinski definition) is 2. The summed E-state index contributed by atoms with van der Waals surface area (Å²) < 4.78 is 5.17. The quantitative estimate of drug-likeness (QED) is 0.647. The number of anilines is 1. The molecule has 1 heterocycles. The summed E-state index contributed by atoms with van der Waals surface area (Å²) >= 11 is 5.94. The van der Waals surface area contributed by atoms with E-state index in [0.717, 1.165) is 22.6 Å². The highest BCUT2D eigenvalue weighted by atomic mass is 35.5. The molecule has 1 aliphatic heterocycles. The van der Waals surface area contributed by atoms with Crippen LogP contribution < -0.4 is 15.4 Å². The standard InChI is InChI=1S/C19H23ClN4O5/c1-19(11-4-5-11)17(27)24(18(28)22-19)10-16(26)23(2)9-15(25)21-13-8-12(20)6-7-14(13)29-3/h6-8,11H,4-5,9-10H2,1-3H3,(H,21,25)(H,22,28)/t19-/m1/s1. The number of urea groups is 1. The van der Waals surface area contributed by atoms with Crippen LogP contribution in [0.5, 0.6) is 5.75 Å². The molecule has 1 aromatic carbocycles. The van der Waals surface area contributed by atoms with Crippen LogP contribution in [0.4, 0.5) is 10.5 Å². The van der Waals surface area contributed by atoms with Gasteiger partial charge in [0.05, 0.1) is 19.3 Å². The number of hydrogen-bond acceptors (Lipinski definition) is 5. The van der Waals surface area contributed by atoms with Crippen molar-refractivity contribution in [1.29, 1.82) is 0 Å². The number of nitrogens with zero attached hydrogens (tertiary/aromatic N) is 2. The van der Waals surface area contributed by atoms with E-state index in [2.05, 4.69) is 10.6 Å². The first kappa shape index (κ1) is 20.9. The average molecular weight is 423 g/mol. The van der Waals surface area contributed by atoms with Gasteiger partial charge in [-0.1, -0.05) is 11.6 Å². The summed E-state index contributed by atoms with van der Waals surface area (Å²) in [6.07, 6.45) is 1.74. The minimum absolute atomic E-state index is 0.107. The van der Waals surface area contributed by atoms with Crippen molar-refractivity contribution >= 4 is 41.0 Å². The Kier molecular flexibility index (Phi) is 5.70. The molecule has 0 bridgehead atoms. The first-order chi connectivity index (χ1) is 13.7. The molecule has 0 unspecified atom stereocenters. The second kappa shape index (κ2) is 7.90. The number of carbonyl (C=O) groups is 4. The minimum Gasteiger partial charge on any atom is -0.495 e. The zero-order chi connectivity index (χ0) is 21.3. The van der Waals surface area contributed by atoms with Gasteiger partial charge in [-0.15, -0.1) is 0 Å². The van der Waals surface area contributed by atoms with Gasteiger partial charge in [-0.2, -0.15) is 0 Å². The molecule has 10 heteroatoms. The Bertz CT molecular complexity index is 872. The first-order valence-electron chi connectivity index (χ1n) is 9.17. The van der Waals surface area contributed by atoms with Gasteiger partial charge in [0, 0.05) is 12.1 Å². The predicted molar refractivity (Wildman–Crippen MR) is 106 cm³/mol. The first-order valence-corrected chi connectivity index (χ1v) is 9.55. The van der Waals surface area contributed by atoms with Crippen LogP contribution >= 0.6 is 11.6 Å². The van der Waals surface area contributed by atoms with Gasteiger partial charge in [-0.3, -0.25) is 19.3 Å². The lowest BCUT2D eigenvalue weighted by Gasteiger charge is -2.22. The molecule has 1 saturated heterocycles. The van der Waals surface area contributed by atoms with Crippen LogP contribution in [0.25, 0.3) is 0 Å². The number of ether oxygens (including phenoxy) is 1. The topological polar surface area (TPSA) is 108 Å². The van der Waals surface area contributed by atoms with Crippen molar-refractivity contribution in [2.24, 2.45) is 5.92 Å². The summed E-state index contributed by atoms with van der Waals surface area (Å²) in [6, 6.07) is 4.19. The molecule has 0 aromatic heterocycles. The van der Waals surface area contributed by atoms with Crippen molar-refractivity contribution in [3.05, 3.63) is 23.2 Å². The summed E-state index contributed by atoms with van der Waals surface area (Å²) in [5.41, 5.74) is -0.573. The summed E-state index contributed by atoms with van der Waals surface area (Å²) in [5.74, 6) is -0.867. The zero-order valence-corrected chi connectivity index (χ0v) is 17.2. The second-order valence-electron chi connectivity index (χ2n) is 7.44. The van der Waals surface area contributed by atoms with Crippen molar-refractivity contribution in [3.63, 3.8) is 0 Å². The van der Waals surface area contributed by atoms with Gasteiger partial charge in [-0.25, -0.2) is 4.79 Å². The van der Waals surface area contributed by atoms with Crippen LogP contribution in [-0.2, 0) is 14.4 Å². The maximum atomic E-state index is 12.6. The SMILES string of the molecule is COc1ccc(Cl)cc1NC(=O)CN(C)C(=O)CN1C(=O)N[C@](C)(C2CC2)C1=O. The number of nitrogens with one attached hydrogen (secondary N) is 2. The normalized spacial score (nSPS) is 21.0.